The molecule has 0 aliphatic carbocycles. The molecule has 1 aromatic heterocycles. The van der Waals surface area contributed by atoms with E-state index in [-0.39, 0.29) is 24.0 Å². The van der Waals surface area contributed by atoms with Gasteiger partial charge < -0.3 is 9.47 Å². The van der Waals surface area contributed by atoms with E-state index >= 15 is 0 Å². The molecule has 3 heterocycles. The maximum atomic E-state index is 11.6. The Labute approximate surface area is 90.8 Å². The Balaban J connectivity index is 1.97. The molecule has 0 bridgehead atoms. The molecule has 0 saturated carbocycles. The van der Waals surface area contributed by atoms with Crippen molar-refractivity contribution >= 4 is 0 Å². The van der Waals surface area contributed by atoms with Gasteiger partial charge in [0.25, 0.3) is 5.56 Å². The molecule has 2 aliphatic heterocycles. The summed E-state index contributed by atoms with van der Waals surface area (Å²) < 4.78 is 12.4. The monoisotopic (exact) mass is 224 g/mol. The lowest BCUT2D eigenvalue weighted by Crippen LogP contribution is -2.40. The predicted octanol–water partition coefficient (Wildman–Crippen LogP) is -0.469. The minimum atomic E-state index is -0.429. The standard InChI is InChI=1S/C10H12N2O4/c1-5-3-12(10(14)11-9(5)13)8-2-6-7(16-8)4-15-6/h3,6-8H,2,4H2,1H3,(H,11,13,14)/t6-,7-,8+/m0/s1. The molecule has 86 valence electrons. The van der Waals surface area contributed by atoms with Crippen LogP contribution in [0.25, 0.3) is 0 Å². The second-order valence-electron chi connectivity index (χ2n) is 4.22. The van der Waals surface area contributed by atoms with Gasteiger partial charge in [0.2, 0.25) is 0 Å². The van der Waals surface area contributed by atoms with Crippen LogP contribution in [0, 0.1) is 6.92 Å². The average molecular weight is 224 g/mol. The van der Waals surface area contributed by atoms with Crippen molar-refractivity contribution in [3.8, 4) is 0 Å². The first-order chi connectivity index (χ1) is 7.65. The number of fused-ring (bicyclic) bond motifs is 1. The van der Waals surface area contributed by atoms with Gasteiger partial charge in [0.15, 0.2) is 0 Å². The van der Waals surface area contributed by atoms with Gasteiger partial charge in [-0.25, -0.2) is 4.79 Å². The summed E-state index contributed by atoms with van der Waals surface area (Å²) in [6.07, 6.45) is 2.08. The third-order valence-corrected chi connectivity index (χ3v) is 3.11. The number of aryl methyl sites for hydroxylation is 1. The zero-order valence-corrected chi connectivity index (χ0v) is 8.80. The highest BCUT2D eigenvalue weighted by atomic mass is 16.6. The Hall–Kier alpha value is -1.40. The third-order valence-electron chi connectivity index (χ3n) is 3.11. The van der Waals surface area contributed by atoms with Gasteiger partial charge in [-0.3, -0.25) is 14.3 Å². The van der Waals surface area contributed by atoms with Crippen LogP contribution in [-0.4, -0.2) is 28.4 Å². The highest BCUT2D eigenvalue weighted by molar-refractivity contribution is 5.02. The zero-order chi connectivity index (χ0) is 11.3. The van der Waals surface area contributed by atoms with Crippen molar-refractivity contribution < 1.29 is 9.47 Å². The molecule has 3 atom stereocenters. The van der Waals surface area contributed by atoms with E-state index in [9.17, 15) is 9.59 Å². The SMILES string of the molecule is Cc1cn([C@H]2C[C@@H]3OC[C@@H]3O2)c(=O)[nH]c1=O. The molecule has 16 heavy (non-hydrogen) atoms. The average Bonchev–Trinajstić information content (AvgIpc) is 2.49. The van der Waals surface area contributed by atoms with Gasteiger partial charge in [-0.15, -0.1) is 0 Å². The molecule has 0 aromatic carbocycles. The number of rotatable bonds is 1. The molecule has 6 heteroatoms. The molecule has 0 unspecified atom stereocenters. The van der Waals surface area contributed by atoms with Crippen LogP contribution in [0.4, 0.5) is 0 Å². The molecular formula is C10H12N2O4. The largest absolute Gasteiger partial charge is 0.372 e. The summed E-state index contributed by atoms with van der Waals surface area (Å²) in [7, 11) is 0. The normalized spacial score (nSPS) is 32.2. The fourth-order valence-electron chi connectivity index (χ4n) is 2.09. The fourth-order valence-corrected chi connectivity index (χ4v) is 2.09. The molecule has 3 rings (SSSR count). The number of hydrogen-bond acceptors (Lipinski definition) is 4. The van der Waals surface area contributed by atoms with Gasteiger partial charge in [0.1, 0.15) is 12.3 Å². The first-order valence-electron chi connectivity index (χ1n) is 5.24. The van der Waals surface area contributed by atoms with E-state index in [4.69, 9.17) is 9.47 Å². The number of aromatic nitrogens is 2. The summed E-state index contributed by atoms with van der Waals surface area (Å²) in [5.74, 6) is 0. The van der Waals surface area contributed by atoms with E-state index in [0.29, 0.717) is 18.6 Å². The highest BCUT2D eigenvalue weighted by Gasteiger charge is 2.44. The topological polar surface area (TPSA) is 73.3 Å². The van der Waals surface area contributed by atoms with E-state index in [2.05, 4.69) is 4.98 Å². The Morgan fingerprint density at radius 2 is 2.25 bits per heavy atom. The fraction of sp³-hybridized carbons (Fsp3) is 0.600. The Morgan fingerprint density at radius 3 is 2.81 bits per heavy atom. The minimum absolute atomic E-state index is 0.101. The first-order valence-corrected chi connectivity index (χ1v) is 5.24. The molecule has 0 spiro atoms. The molecule has 0 radical (unpaired) electrons. The van der Waals surface area contributed by atoms with Crippen LogP contribution in [0.15, 0.2) is 15.8 Å². The van der Waals surface area contributed by atoms with Crippen molar-refractivity contribution in [2.75, 3.05) is 6.61 Å². The van der Waals surface area contributed by atoms with E-state index in [0.717, 1.165) is 0 Å². The Bertz CT molecular complexity index is 520. The minimum Gasteiger partial charge on any atom is -0.372 e. The van der Waals surface area contributed by atoms with E-state index in [1.165, 1.54) is 10.8 Å². The van der Waals surface area contributed by atoms with Crippen LogP contribution in [0.5, 0.6) is 0 Å². The summed E-state index contributed by atoms with van der Waals surface area (Å²) >= 11 is 0. The number of nitrogens with zero attached hydrogens (tertiary/aromatic N) is 1. The van der Waals surface area contributed by atoms with Crippen LogP contribution < -0.4 is 11.2 Å². The van der Waals surface area contributed by atoms with Crippen molar-refractivity contribution in [1.29, 1.82) is 0 Å². The number of hydrogen-bond donors (Lipinski definition) is 1. The van der Waals surface area contributed by atoms with Crippen LogP contribution in [-0.2, 0) is 9.47 Å². The lowest BCUT2D eigenvalue weighted by Gasteiger charge is -2.28. The number of nitrogens with one attached hydrogen (secondary N) is 1. The maximum Gasteiger partial charge on any atom is 0.330 e. The number of H-pyrrole nitrogens is 1. The van der Waals surface area contributed by atoms with Crippen molar-refractivity contribution in [3.05, 3.63) is 32.6 Å². The Kier molecular flexibility index (Phi) is 2.02. The third kappa shape index (κ3) is 1.34. The zero-order valence-electron chi connectivity index (χ0n) is 8.80. The van der Waals surface area contributed by atoms with Crippen molar-refractivity contribution in [2.24, 2.45) is 0 Å². The number of ether oxygens (including phenoxy) is 2. The lowest BCUT2D eigenvalue weighted by atomic mass is 10.1. The van der Waals surface area contributed by atoms with Crippen LogP contribution in [0.2, 0.25) is 0 Å². The first kappa shape index (κ1) is 9.80. The molecule has 2 aliphatic rings. The highest BCUT2D eigenvalue weighted by Crippen LogP contribution is 2.35. The molecule has 6 nitrogen and oxygen atoms in total. The summed E-state index contributed by atoms with van der Waals surface area (Å²) in [4.78, 5) is 25.1. The number of aromatic amines is 1. The van der Waals surface area contributed by atoms with Gasteiger partial charge >= 0.3 is 5.69 Å². The van der Waals surface area contributed by atoms with Crippen molar-refractivity contribution in [2.45, 2.75) is 31.8 Å². The maximum absolute atomic E-state index is 11.6. The summed E-state index contributed by atoms with van der Waals surface area (Å²) in [6, 6.07) is 0. The van der Waals surface area contributed by atoms with E-state index < -0.39 is 5.69 Å². The molecule has 1 aromatic rings. The summed E-state index contributed by atoms with van der Waals surface area (Å²) in [6.45, 7) is 2.26. The second-order valence-corrected chi connectivity index (χ2v) is 4.22. The van der Waals surface area contributed by atoms with Gasteiger partial charge in [-0.1, -0.05) is 0 Å². The lowest BCUT2D eigenvalue weighted by molar-refractivity contribution is -0.149. The van der Waals surface area contributed by atoms with E-state index in [1.54, 1.807) is 6.92 Å². The van der Waals surface area contributed by atoms with Gasteiger partial charge in [-0.05, 0) is 6.92 Å². The smallest absolute Gasteiger partial charge is 0.330 e. The molecule has 1 N–H and O–H groups in total. The summed E-state index contributed by atoms with van der Waals surface area (Å²) in [5, 5.41) is 0. The van der Waals surface area contributed by atoms with Crippen molar-refractivity contribution in [3.63, 3.8) is 0 Å². The van der Waals surface area contributed by atoms with Crippen LogP contribution in [0.1, 0.15) is 18.2 Å². The van der Waals surface area contributed by atoms with Gasteiger partial charge in [0, 0.05) is 18.2 Å². The molecule has 0 amide bonds. The molecular weight excluding hydrogens is 212 g/mol. The molecule has 2 saturated heterocycles. The van der Waals surface area contributed by atoms with Gasteiger partial charge in [0.05, 0.1) is 12.7 Å². The van der Waals surface area contributed by atoms with Crippen molar-refractivity contribution in [1.82, 2.24) is 9.55 Å². The summed E-state index contributed by atoms with van der Waals surface area (Å²) in [5.41, 5.74) is -0.274. The van der Waals surface area contributed by atoms with Gasteiger partial charge in [-0.2, -0.15) is 0 Å². The van der Waals surface area contributed by atoms with Crippen LogP contribution in [0.3, 0.4) is 0 Å². The van der Waals surface area contributed by atoms with Crippen LogP contribution >= 0.6 is 0 Å². The predicted molar refractivity (Wildman–Crippen MR) is 54.3 cm³/mol. The van der Waals surface area contributed by atoms with E-state index in [1.807, 2.05) is 0 Å². The quantitative estimate of drug-likeness (QED) is 0.700. The Morgan fingerprint density at radius 1 is 1.44 bits per heavy atom. The molecule has 2 fully saturated rings. The second kappa shape index (κ2) is 3.29.